The summed E-state index contributed by atoms with van der Waals surface area (Å²) in [6.07, 6.45) is 0. The van der Waals surface area contributed by atoms with Gasteiger partial charge in [0.25, 0.3) is 0 Å². The molecule has 5 heteroatoms. The molecule has 0 fully saturated rings. The Balaban J connectivity index is 2.18. The highest BCUT2D eigenvalue weighted by Crippen LogP contribution is 2.23. The zero-order valence-corrected chi connectivity index (χ0v) is 12.5. The first-order valence-corrected chi connectivity index (χ1v) is 7.07. The molecule has 0 N–H and O–H groups in total. The summed E-state index contributed by atoms with van der Waals surface area (Å²) in [7, 11) is 0. The third-order valence-corrected chi connectivity index (χ3v) is 3.92. The maximum absolute atomic E-state index is 6.05. The van der Waals surface area contributed by atoms with Gasteiger partial charge in [0.05, 0.1) is 29.2 Å². The third-order valence-electron chi connectivity index (χ3n) is 3.68. The molecule has 0 saturated carbocycles. The van der Waals surface area contributed by atoms with Crippen LogP contribution in [0.25, 0.3) is 11.0 Å². The minimum absolute atomic E-state index is 0.386. The van der Waals surface area contributed by atoms with E-state index >= 15 is 0 Å². The fraction of sp³-hybridized carbons (Fsp3) is 0.333. The number of halogens is 1. The van der Waals surface area contributed by atoms with Crippen molar-refractivity contribution in [1.29, 1.82) is 0 Å². The number of nitrogens with zero attached hydrogens (tertiary/aromatic N) is 3. The Morgan fingerprint density at radius 1 is 1.25 bits per heavy atom. The van der Waals surface area contributed by atoms with Crippen molar-refractivity contribution in [3.63, 3.8) is 0 Å². The molecule has 20 heavy (non-hydrogen) atoms. The van der Waals surface area contributed by atoms with Gasteiger partial charge in [0.15, 0.2) is 0 Å². The van der Waals surface area contributed by atoms with Gasteiger partial charge in [-0.3, -0.25) is 0 Å². The van der Waals surface area contributed by atoms with Crippen LogP contribution in [0.15, 0.2) is 22.7 Å². The smallest absolute Gasteiger partial charge is 0.138 e. The number of aromatic nitrogens is 3. The van der Waals surface area contributed by atoms with Gasteiger partial charge in [0.2, 0.25) is 0 Å². The highest BCUT2D eigenvalue weighted by molar-refractivity contribution is 6.16. The standard InChI is InChI=1S/C15H16ClN3O/c1-9-5-4-6-13-15(9)17-14(7-16)19(13)8-12-10(2)18-20-11(12)3/h4-6H,7-8H2,1-3H3. The predicted octanol–water partition coefficient (Wildman–Crippen LogP) is 3.74. The lowest BCUT2D eigenvalue weighted by molar-refractivity contribution is 0.392. The number of alkyl halides is 1. The van der Waals surface area contributed by atoms with E-state index < -0.39 is 0 Å². The van der Waals surface area contributed by atoms with Crippen LogP contribution >= 0.6 is 11.6 Å². The van der Waals surface area contributed by atoms with Crippen LogP contribution in [0.4, 0.5) is 0 Å². The molecule has 0 radical (unpaired) electrons. The minimum atomic E-state index is 0.386. The Labute approximate surface area is 122 Å². The molecule has 3 aromatic rings. The van der Waals surface area contributed by atoms with E-state index in [0.717, 1.165) is 39.4 Å². The van der Waals surface area contributed by atoms with Gasteiger partial charge < -0.3 is 9.09 Å². The number of benzene rings is 1. The van der Waals surface area contributed by atoms with Gasteiger partial charge >= 0.3 is 0 Å². The van der Waals surface area contributed by atoms with E-state index in [1.165, 1.54) is 0 Å². The second-order valence-electron chi connectivity index (χ2n) is 4.99. The Morgan fingerprint density at radius 2 is 2.05 bits per heavy atom. The van der Waals surface area contributed by atoms with Crippen molar-refractivity contribution in [1.82, 2.24) is 14.7 Å². The Kier molecular flexibility index (Phi) is 3.26. The summed E-state index contributed by atoms with van der Waals surface area (Å²) in [5.74, 6) is 2.10. The fourth-order valence-corrected chi connectivity index (χ4v) is 2.70. The summed E-state index contributed by atoms with van der Waals surface area (Å²) in [4.78, 5) is 4.65. The second-order valence-corrected chi connectivity index (χ2v) is 5.26. The minimum Gasteiger partial charge on any atom is -0.361 e. The van der Waals surface area contributed by atoms with Crippen molar-refractivity contribution in [2.75, 3.05) is 0 Å². The van der Waals surface area contributed by atoms with E-state index in [0.29, 0.717) is 12.4 Å². The number of fused-ring (bicyclic) bond motifs is 1. The van der Waals surface area contributed by atoms with Crippen LogP contribution in [-0.4, -0.2) is 14.7 Å². The van der Waals surface area contributed by atoms with Crippen molar-refractivity contribution in [3.05, 3.63) is 46.6 Å². The molecule has 1 aromatic carbocycles. The average Bonchev–Trinajstić information content (AvgIpc) is 2.95. The van der Waals surface area contributed by atoms with E-state index in [-0.39, 0.29) is 0 Å². The molecule has 104 valence electrons. The molecule has 3 rings (SSSR count). The number of aryl methyl sites for hydroxylation is 3. The molecule has 0 unspecified atom stereocenters. The van der Waals surface area contributed by atoms with Crippen molar-refractivity contribution >= 4 is 22.6 Å². The number of hydrogen-bond donors (Lipinski definition) is 0. The quantitative estimate of drug-likeness (QED) is 0.690. The van der Waals surface area contributed by atoms with Gasteiger partial charge in [0, 0.05) is 5.56 Å². The molecular formula is C15H16ClN3O. The van der Waals surface area contributed by atoms with Crippen LogP contribution in [-0.2, 0) is 12.4 Å². The monoisotopic (exact) mass is 289 g/mol. The number of para-hydroxylation sites is 1. The van der Waals surface area contributed by atoms with Crippen LogP contribution in [0.3, 0.4) is 0 Å². The summed E-state index contributed by atoms with van der Waals surface area (Å²) in [5, 5.41) is 4.01. The van der Waals surface area contributed by atoms with Crippen LogP contribution in [0.5, 0.6) is 0 Å². The molecule has 0 aliphatic rings. The lowest BCUT2D eigenvalue weighted by Gasteiger charge is -2.07. The SMILES string of the molecule is Cc1noc(C)c1Cn1c(CCl)nc2c(C)cccc21. The predicted molar refractivity (Wildman–Crippen MR) is 79.1 cm³/mol. The van der Waals surface area contributed by atoms with Crippen LogP contribution in [0, 0.1) is 20.8 Å². The van der Waals surface area contributed by atoms with E-state index in [2.05, 4.69) is 33.8 Å². The summed E-state index contributed by atoms with van der Waals surface area (Å²) in [6.45, 7) is 6.63. The molecule has 0 amide bonds. The van der Waals surface area contributed by atoms with Gasteiger partial charge in [-0.05, 0) is 32.4 Å². The van der Waals surface area contributed by atoms with Crippen molar-refractivity contribution < 1.29 is 4.52 Å². The normalized spacial score (nSPS) is 11.4. The van der Waals surface area contributed by atoms with E-state index in [1.54, 1.807) is 0 Å². The second kappa shape index (κ2) is 4.94. The molecular weight excluding hydrogens is 274 g/mol. The maximum atomic E-state index is 6.05. The molecule has 0 atom stereocenters. The molecule has 0 saturated heterocycles. The average molecular weight is 290 g/mol. The van der Waals surface area contributed by atoms with E-state index in [4.69, 9.17) is 16.1 Å². The van der Waals surface area contributed by atoms with Crippen molar-refractivity contribution in [2.24, 2.45) is 0 Å². The molecule has 2 aromatic heterocycles. The number of hydrogen-bond acceptors (Lipinski definition) is 3. The molecule has 0 aliphatic carbocycles. The summed E-state index contributed by atoms with van der Waals surface area (Å²) >= 11 is 6.05. The highest BCUT2D eigenvalue weighted by atomic mass is 35.5. The van der Waals surface area contributed by atoms with Crippen molar-refractivity contribution in [3.8, 4) is 0 Å². The van der Waals surface area contributed by atoms with Gasteiger partial charge in [-0.15, -0.1) is 11.6 Å². The molecule has 0 bridgehead atoms. The number of imidazole rings is 1. The van der Waals surface area contributed by atoms with Gasteiger partial charge in [0.1, 0.15) is 11.6 Å². The third kappa shape index (κ3) is 2.00. The van der Waals surface area contributed by atoms with Crippen LogP contribution in [0.2, 0.25) is 0 Å². The van der Waals surface area contributed by atoms with Gasteiger partial charge in [-0.25, -0.2) is 4.98 Å². The van der Waals surface area contributed by atoms with E-state index in [1.807, 2.05) is 19.9 Å². The maximum Gasteiger partial charge on any atom is 0.138 e. The van der Waals surface area contributed by atoms with Crippen LogP contribution < -0.4 is 0 Å². The Hall–Kier alpha value is -1.81. The zero-order chi connectivity index (χ0) is 14.3. The summed E-state index contributed by atoms with van der Waals surface area (Å²) < 4.78 is 7.38. The molecule has 2 heterocycles. The fourth-order valence-electron chi connectivity index (χ4n) is 2.50. The van der Waals surface area contributed by atoms with Gasteiger partial charge in [-0.2, -0.15) is 0 Å². The lowest BCUT2D eigenvalue weighted by atomic mass is 10.2. The van der Waals surface area contributed by atoms with Crippen molar-refractivity contribution in [2.45, 2.75) is 33.2 Å². The summed E-state index contributed by atoms with van der Waals surface area (Å²) in [6, 6.07) is 6.18. The number of rotatable bonds is 3. The van der Waals surface area contributed by atoms with E-state index in [9.17, 15) is 0 Å². The largest absolute Gasteiger partial charge is 0.361 e. The Morgan fingerprint density at radius 3 is 2.70 bits per heavy atom. The first kappa shape index (κ1) is 13.2. The molecule has 0 aliphatic heterocycles. The first-order valence-electron chi connectivity index (χ1n) is 6.54. The topological polar surface area (TPSA) is 43.9 Å². The lowest BCUT2D eigenvalue weighted by Crippen LogP contribution is -2.05. The molecule has 4 nitrogen and oxygen atoms in total. The zero-order valence-electron chi connectivity index (χ0n) is 11.8. The Bertz CT molecular complexity index is 753. The van der Waals surface area contributed by atoms with Gasteiger partial charge in [-0.1, -0.05) is 17.3 Å². The molecule has 0 spiro atoms. The summed E-state index contributed by atoms with van der Waals surface area (Å²) in [5.41, 5.74) is 5.27. The first-order chi connectivity index (χ1) is 9.61. The van der Waals surface area contributed by atoms with Crippen LogP contribution in [0.1, 0.15) is 28.4 Å². The highest BCUT2D eigenvalue weighted by Gasteiger charge is 2.15.